The molecule has 21 heavy (non-hydrogen) atoms. The Balaban J connectivity index is 1.71. The number of aliphatic hydroxyl groups excluding tert-OH is 1. The highest BCUT2D eigenvalue weighted by atomic mass is 16.3. The largest absolute Gasteiger partial charge is 0.396 e. The van der Waals surface area contributed by atoms with Crippen molar-refractivity contribution < 1.29 is 5.11 Å². The summed E-state index contributed by atoms with van der Waals surface area (Å²) in [5.41, 5.74) is 0.0977. The second kappa shape index (κ2) is 8.50. The molecule has 124 valence electrons. The monoisotopic (exact) mass is 296 g/mol. The van der Waals surface area contributed by atoms with Crippen molar-refractivity contribution in [3.63, 3.8) is 0 Å². The predicted molar refractivity (Wildman–Crippen MR) is 89.6 cm³/mol. The molecule has 2 rings (SSSR count). The molecule has 0 spiro atoms. The Bertz CT molecular complexity index is 269. The first-order valence-electron chi connectivity index (χ1n) is 9.31. The Morgan fingerprint density at radius 3 is 2.14 bits per heavy atom. The molecule has 0 amide bonds. The SMILES string of the molecule is CCC(CC)(CO)CNC1CCN(C2CCCCC2)CC1. The highest BCUT2D eigenvalue weighted by Crippen LogP contribution is 2.27. The lowest BCUT2D eigenvalue weighted by Gasteiger charge is -2.40. The van der Waals surface area contributed by atoms with Crippen molar-refractivity contribution in [1.82, 2.24) is 10.2 Å². The molecule has 1 saturated heterocycles. The van der Waals surface area contributed by atoms with Crippen LogP contribution in [0.3, 0.4) is 0 Å². The van der Waals surface area contributed by atoms with E-state index in [1.165, 1.54) is 58.0 Å². The highest BCUT2D eigenvalue weighted by molar-refractivity contribution is 4.86. The number of hydrogen-bond donors (Lipinski definition) is 2. The molecule has 0 unspecified atom stereocenters. The van der Waals surface area contributed by atoms with Gasteiger partial charge in [-0.2, -0.15) is 0 Å². The molecule has 0 radical (unpaired) electrons. The minimum atomic E-state index is 0.0977. The average Bonchev–Trinajstić information content (AvgIpc) is 2.58. The average molecular weight is 296 g/mol. The minimum absolute atomic E-state index is 0.0977. The van der Waals surface area contributed by atoms with Crippen molar-refractivity contribution in [3.05, 3.63) is 0 Å². The third kappa shape index (κ3) is 4.67. The lowest BCUT2D eigenvalue weighted by Crippen LogP contribution is -2.49. The normalized spacial score (nSPS) is 23.6. The summed E-state index contributed by atoms with van der Waals surface area (Å²) >= 11 is 0. The topological polar surface area (TPSA) is 35.5 Å². The van der Waals surface area contributed by atoms with Gasteiger partial charge in [0.25, 0.3) is 0 Å². The summed E-state index contributed by atoms with van der Waals surface area (Å²) in [4.78, 5) is 2.75. The van der Waals surface area contributed by atoms with Gasteiger partial charge in [-0.15, -0.1) is 0 Å². The third-order valence-corrected chi connectivity index (χ3v) is 6.22. The van der Waals surface area contributed by atoms with Gasteiger partial charge in [0.05, 0.1) is 0 Å². The zero-order valence-electron chi connectivity index (χ0n) is 14.2. The zero-order valence-corrected chi connectivity index (χ0v) is 14.2. The van der Waals surface area contributed by atoms with Gasteiger partial charge >= 0.3 is 0 Å². The van der Waals surface area contributed by atoms with E-state index < -0.39 is 0 Å². The van der Waals surface area contributed by atoms with Gasteiger partial charge in [0, 0.05) is 30.7 Å². The standard InChI is InChI=1S/C18H36N2O/c1-3-18(4-2,15-21)14-19-16-10-12-20(13-11-16)17-8-6-5-7-9-17/h16-17,19,21H,3-15H2,1-2H3. The molecular weight excluding hydrogens is 260 g/mol. The van der Waals surface area contributed by atoms with E-state index in [0.29, 0.717) is 12.6 Å². The molecule has 2 N–H and O–H groups in total. The summed E-state index contributed by atoms with van der Waals surface area (Å²) in [6, 6.07) is 1.54. The van der Waals surface area contributed by atoms with Gasteiger partial charge in [-0.25, -0.2) is 0 Å². The lowest BCUT2D eigenvalue weighted by molar-refractivity contribution is 0.0903. The van der Waals surface area contributed by atoms with Crippen LogP contribution in [0.4, 0.5) is 0 Å². The number of piperidine rings is 1. The molecule has 0 aromatic carbocycles. The molecule has 0 bridgehead atoms. The Labute approximate surface area is 131 Å². The van der Waals surface area contributed by atoms with E-state index >= 15 is 0 Å². The van der Waals surface area contributed by atoms with Crippen LogP contribution in [0.25, 0.3) is 0 Å². The van der Waals surface area contributed by atoms with Crippen molar-refractivity contribution in [2.45, 2.75) is 83.7 Å². The number of likely N-dealkylation sites (tertiary alicyclic amines) is 1. The Morgan fingerprint density at radius 2 is 1.62 bits per heavy atom. The summed E-state index contributed by atoms with van der Waals surface area (Å²) in [7, 11) is 0. The van der Waals surface area contributed by atoms with Crippen molar-refractivity contribution >= 4 is 0 Å². The summed E-state index contributed by atoms with van der Waals surface area (Å²) in [6.07, 6.45) is 11.9. The summed E-state index contributed by atoms with van der Waals surface area (Å²) in [6.45, 7) is 8.23. The van der Waals surface area contributed by atoms with Crippen molar-refractivity contribution in [1.29, 1.82) is 0 Å². The number of hydrogen-bond acceptors (Lipinski definition) is 3. The van der Waals surface area contributed by atoms with E-state index in [-0.39, 0.29) is 5.41 Å². The maximum atomic E-state index is 9.67. The van der Waals surface area contributed by atoms with Gasteiger partial charge < -0.3 is 15.3 Å². The van der Waals surface area contributed by atoms with Gasteiger partial charge in [-0.3, -0.25) is 0 Å². The van der Waals surface area contributed by atoms with Gasteiger partial charge in [0.15, 0.2) is 0 Å². The van der Waals surface area contributed by atoms with Crippen LogP contribution in [0.5, 0.6) is 0 Å². The van der Waals surface area contributed by atoms with Gasteiger partial charge in [0.2, 0.25) is 0 Å². The van der Waals surface area contributed by atoms with Gasteiger partial charge in [-0.05, 0) is 51.6 Å². The zero-order chi connectivity index (χ0) is 15.1. The second-order valence-electron chi connectivity index (χ2n) is 7.35. The van der Waals surface area contributed by atoms with Crippen LogP contribution in [0.2, 0.25) is 0 Å². The second-order valence-corrected chi connectivity index (χ2v) is 7.35. The van der Waals surface area contributed by atoms with Crippen molar-refractivity contribution in [3.8, 4) is 0 Å². The Kier molecular flexibility index (Phi) is 6.97. The number of rotatable bonds is 7. The molecule has 0 aromatic rings. The minimum Gasteiger partial charge on any atom is -0.396 e. The first-order chi connectivity index (χ1) is 10.2. The quantitative estimate of drug-likeness (QED) is 0.757. The fourth-order valence-electron chi connectivity index (χ4n) is 4.06. The lowest BCUT2D eigenvalue weighted by atomic mass is 9.82. The van der Waals surface area contributed by atoms with E-state index in [4.69, 9.17) is 0 Å². The van der Waals surface area contributed by atoms with E-state index in [9.17, 15) is 5.11 Å². The molecule has 2 aliphatic rings. The van der Waals surface area contributed by atoms with Gasteiger partial charge in [0.1, 0.15) is 0 Å². The summed E-state index contributed by atoms with van der Waals surface area (Å²) in [5, 5.41) is 13.4. The van der Waals surface area contributed by atoms with Crippen molar-refractivity contribution in [2.75, 3.05) is 26.2 Å². The molecule has 1 aliphatic heterocycles. The van der Waals surface area contributed by atoms with Crippen LogP contribution in [-0.4, -0.2) is 48.3 Å². The molecule has 1 saturated carbocycles. The Hall–Kier alpha value is -0.120. The van der Waals surface area contributed by atoms with E-state index in [0.717, 1.165) is 25.4 Å². The maximum Gasteiger partial charge on any atom is 0.0499 e. The number of nitrogens with zero attached hydrogens (tertiary/aromatic N) is 1. The first kappa shape index (κ1) is 17.2. The van der Waals surface area contributed by atoms with E-state index in [2.05, 4.69) is 24.1 Å². The van der Waals surface area contributed by atoms with Gasteiger partial charge in [-0.1, -0.05) is 33.1 Å². The molecule has 1 heterocycles. The predicted octanol–water partition coefficient (Wildman–Crippen LogP) is 3.17. The molecule has 1 aliphatic carbocycles. The van der Waals surface area contributed by atoms with Crippen LogP contribution in [0, 0.1) is 5.41 Å². The third-order valence-electron chi connectivity index (χ3n) is 6.22. The van der Waals surface area contributed by atoms with Crippen LogP contribution in [0.15, 0.2) is 0 Å². The van der Waals surface area contributed by atoms with Crippen LogP contribution in [0.1, 0.15) is 71.6 Å². The molecular formula is C18H36N2O. The van der Waals surface area contributed by atoms with E-state index in [1.54, 1.807) is 0 Å². The molecule has 3 nitrogen and oxygen atoms in total. The summed E-state index contributed by atoms with van der Waals surface area (Å²) in [5.74, 6) is 0. The first-order valence-corrected chi connectivity index (χ1v) is 9.31. The fourth-order valence-corrected chi connectivity index (χ4v) is 4.06. The van der Waals surface area contributed by atoms with Crippen molar-refractivity contribution in [2.24, 2.45) is 5.41 Å². The van der Waals surface area contributed by atoms with Crippen LogP contribution < -0.4 is 5.32 Å². The maximum absolute atomic E-state index is 9.67. The molecule has 0 atom stereocenters. The summed E-state index contributed by atoms with van der Waals surface area (Å²) < 4.78 is 0. The smallest absolute Gasteiger partial charge is 0.0499 e. The fraction of sp³-hybridized carbons (Fsp3) is 1.00. The molecule has 0 aromatic heterocycles. The Morgan fingerprint density at radius 1 is 1.00 bits per heavy atom. The highest BCUT2D eigenvalue weighted by Gasteiger charge is 2.29. The molecule has 3 heteroatoms. The van der Waals surface area contributed by atoms with Crippen LogP contribution in [-0.2, 0) is 0 Å². The van der Waals surface area contributed by atoms with Crippen LogP contribution >= 0.6 is 0 Å². The number of aliphatic hydroxyl groups is 1. The number of nitrogens with one attached hydrogen (secondary N) is 1. The van der Waals surface area contributed by atoms with E-state index in [1.807, 2.05) is 0 Å². The molecule has 2 fully saturated rings.